The average molecular weight is 324 g/mol. The van der Waals surface area contributed by atoms with Crippen LogP contribution in [-0.2, 0) is 12.0 Å². The maximum Gasteiger partial charge on any atom is 0.144 e. The zero-order chi connectivity index (χ0) is 16.5. The molecule has 4 atom stereocenters. The predicted octanol–water partition coefficient (Wildman–Crippen LogP) is 3.68. The summed E-state index contributed by atoms with van der Waals surface area (Å²) in [7, 11) is 0. The van der Waals surface area contributed by atoms with Gasteiger partial charge in [-0.15, -0.1) is 0 Å². The minimum Gasteiger partial charge on any atom is -0.508 e. The van der Waals surface area contributed by atoms with Crippen LogP contribution >= 0.6 is 0 Å². The highest BCUT2D eigenvalue weighted by Gasteiger charge is 2.63. The van der Waals surface area contributed by atoms with E-state index in [9.17, 15) is 15.3 Å². The maximum atomic E-state index is 10.5. The number of aromatic hydroxyl groups is 3. The number of benzene rings is 2. The molecule has 0 aromatic heterocycles. The van der Waals surface area contributed by atoms with Gasteiger partial charge in [0.25, 0.3) is 0 Å². The van der Waals surface area contributed by atoms with Crippen LogP contribution in [-0.4, -0.2) is 15.3 Å². The molecule has 5 rings (SSSR count). The van der Waals surface area contributed by atoms with Gasteiger partial charge in [0.1, 0.15) is 28.6 Å². The van der Waals surface area contributed by atoms with Gasteiger partial charge >= 0.3 is 0 Å². The second-order valence-electron chi connectivity index (χ2n) is 7.47. The lowest BCUT2D eigenvalue weighted by Crippen LogP contribution is -2.49. The zero-order valence-corrected chi connectivity index (χ0v) is 13.3. The molecular formula is C20H20O4. The van der Waals surface area contributed by atoms with Gasteiger partial charge in [-0.25, -0.2) is 0 Å². The van der Waals surface area contributed by atoms with E-state index in [-0.39, 0.29) is 17.2 Å². The first-order chi connectivity index (χ1) is 11.6. The first-order valence-electron chi connectivity index (χ1n) is 8.61. The minimum absolute atomic E-state index is 0.0567. The summed E-state index contributed by atoms with van der Waals surface area (Å²) in [6, 6.07) is 10.1. The summed E-state index contributed by atoms with van der Waals surface area (Å²) < 4.78 is 6.56. The number of hydrogen-bond acceptors (Lipinski definition) is 4. The fraction of sp³-hybridized carbons (Fsp3) is 0.400. The molecular weight excluding hydrogens is 304 g/mol. The Hall–Kier alpha value is -2.36. The van der Waals surface area contributed by atoms with E-state index in [1.165, 1.54) is 12.5 Å². The number of hydrogen-bond donors (Lipinski definition) is 3. The van der Waals surface area contributed by atoms with Crippen molar-refractivity contribution in [2.24, 2.45) is 17.8 Å². The molecule has 24 heavy (non-hydrogen) atoms. The van der Waals surface area contributed by atoms with E-state index in [0.717, 1.165) is 30.4 Å². The molecule has 2 aliphatic carbocycles. The van der Waals surface area contributed by atoms with Crippen molar-refractivity contribution in [3.8, 4) is 23.0 Å². The Balaban J connectivity index is 1.71. The van der Waals surface area contributed by atoms with E-state index in [1.807, 2.05) is 6.07 Å². The normalized spacial score (nSPS) is 32.9. The molecule has 2 fully saturated rings. The van der Waals surface area contributed by atoms with Gasteiger partial charge in [0.05, 0.1) is 0 Å². The molecule has 3 N–H and O–H groups in total. The number of ether oxygens (including phenoxy) is 1. The van der Waals surface area contributed by atoms with E-state index < -0.39 is 5.60 Å². The van der Waals surface area contributed by atoms with Crippen LogP contribution in [0.4, 0.5) is 0 Å². The van der Waals surface area contributed by atoms with Crippen LogP contribution in [0.15, 0.2) is 36.4 Å². The fourth-order valence-corrected chi connectivity index (χ4v) is 5.45. The molecule has 1 heterocycles. The van der Waals surface area contributed by atoms with Crippen LogP contribution in [0.5, 0.6) is 23.0 Å². The fourth-order valence-electron chi connectivity index (χ4n) is 5.45. The highest BCUT2D eigenvalue weighted by atomic mass is 16.5. The molecule has 3 aliphatic rings. The highest BCUT2D eigenvalue weighted by molar-refractivity contribution is 5.50. The quantitative estimate of drug-likeness (QED) is 0.748. The van der Waals surface area contributed by atoms with E-state index in [2.05, 4.69) is 0 Å². The lowest BCUT2D eigenvalue weighted by atomic mass is 9.67. The van der Waals surface area contributed by atoms with Gasteiger partial charge in [-0.2, -0.15) is 0 Å². The van der Waals surface area contributed by atoms with E-state index >= 15 is 0 Å². The van der Waals surface area contributed by atoms with Gasteiger partial charge < -0.3 is 20.1 Å². The van der Waals surface area contributed by atoms with E-state index in [1.54, 1.807) is 24.3 Å². The van der Waals surface area contributed by atoms with Crippen molar-refractivity contribution in [3.05, 3.63) is 47.5 Å². The Morgan fingerprint density at radius 1 is 0.958 bits per heavy atom. The molecule has 0 saturated heterocycles. The number of fused-ring (bicyclic) bond motifs is 6. The number of phenolic OH excluding ortho intramolecular Hbond substituents is 3. The van der Waals surface area contributed by atoms with Gasteiger partial charge in [0.15, 0.2) is 0 Å². The molecule has 4 heteroatoms. The van der Waals surface area contributed by atoms with Crippen molar-refractivity contribution in [2.45, 2.75) is 31.3 Å². The third-order valence-corrected chi connectivity index (χ3v) is 6.37. The molecule has 0 amide bonds. The van der Waals surface area contributed by atoms with Crippen LogP contribution < -0.4 is 4.74 Å². The monoisotopic (exact) mass is 324 g/mol. The van der Waals surface area contributed by atoms with Crippen molar-refractivity contribution in [3.63, 3.8) is 0 Å². The van der Waals surface area contributed by atoms with Gasteiger partial charge in [-0.05, 0) is 55.4 Å². The lowest BCUT2D eigenvalue weighted by molar-refractivity contribution is -0.0562. The summed E-state index contributed by atoms with van der Waals surface area (Å²) >= 11 is 0. The zero-order valence-electron chi connectivity index (χ0n) is 13.3. The molecule has 2 saturated carbocycles. The van der Waals surface area contributed by atoms with Crippen molar-refractivity contribution in [2.75, 3.05) is 0 Å². The molecule has 1 aliphatic heterocycles. The summed E-state index contributed by atoms with van der Waals surface area (Å²) in [5.41, 5.74) is 1.34. The molecule has 0 spiro atoms. The topological polar surface area (TPSA) is 69.9 Å². The Labute approximate surface area is 140 Å². The molecule has 124 valence electrons. The first kappa shape index (κ1) is 14.0. The Morgan fingerprint density at radius 3 is 2.58 bits per heavy atom. The Kier molecular flexibility index (Phi) is 2.68. The predicted molar refractivity (Wildman–Crippen MR) is 88.2 cm³/mol. The van der Waals surface area contributed by atoms with E-state index in [0.29, 0.717) is 23.5 Å². The molecule has 2 bridgehead atoms. The third-order valence-electron chi connectivity index (χ3n) is 6.37. The maximum absolute atomic E-state index is 10.5. The van der Waals surface area contributed by atoms with Crippen molar-refractivity contribution in [1.82, 2.24) is 0 Å². The minimum atomic E-state index is -0.554. The Morgan fingerprint density at radius 2 is 1.75 bits per heavy atom. The molecule has 2 aromatic rings. The van der Waals surface area contributed by atoms with Crippen LogP contribution in [0.25, 0.3) is 0 Å². The lowest BCUT2D eigenvalue weighted by Gasteiger charge is -2.48. The van der Waals surface area contributed by atoms with Crippen molar-refractivity contribution >= 4 is 0 Å². The summed E-state index contributed by atoms with van der Waals surface area (Å²) in [4.78, 5) is 0. The average Bonchev–Trinajstić information content (AvgIpc) is 3.13. The van der Waals surface area contributed by atoms with Crippen molar-refractivity contribution in [1.29, 1.82) is 0 Å². The molecule has 0 radical (unpaired) electrons. The molecule has 2 aromatic carbocycles. The summed E-state index contributed by atoms with van der Waals surface area (Å²) in [6.45, 7) is 0. The van der Waals surface area contributed by atoms with Gasteiger partial charge in [-0.3, -0.25) is 0 Å². The summed E-state index contributed by atoms with van der Waals surface area (Å²) in [5.74, 6) is 2.34. The van der Waals surface area contributed by atoms with Gasteiger partial charge in [0, 0.05) is 29.5 Å². The van der Waals surface area contributed by atoms with Crippen LogP contribution in [0.1, 0.15) is 30.4 Å². The van der Waals surface area contributed by atoms with Gasteiger partial charge in [0.2, 0.25) is 0 Å². The number of phenols is 3. The summed E-state index contributed by atoms with van der Waals surface area (Å²) in [6.07, 6.45) is 4.32. The summed E-state index contributed by atoms with van der Waals surface area (Å²) in [5, 5.41) is 30.0. The highest BCUT2D eigenvalue weighted by Crippen LogP contribution is 2.65. The van der Waals surface area contributed by atoms with Crippen LogP contribution in [0.2, 0.25) is 0 Å². The number of rotatable bonds is 1. The largest absolute Gasteiger partial charge is 0.508 e. The SMILES string of the molecule is Oc1ccc(C23Oc4cc(O)ccc4CC2[C@H]2CC[C@@H]3C2)c(O)c1. The first-order valence-corrected chi connectivity index (χ1v) is 8.61. The standard InChI is InChI=1S/C20H20O4/c21-14-5-6-16(18(23)9-14)20-13-3-1-11(7-13)17(20)8-12-2-4-15(22)10-19(12)24-20/h2,4-6,9-11,13,17,21-23H,1,3,7-8H2/t11-,13+,17?,20?/m0/s1. The molecule has 4 nitrogen and oxygen atoms in total. The smallest absolute Gasteiger partial charge is 0.144 e. The van der Waals surface area contributed by atoms with Crippen LogP contribution in [0, 0.1) is 17.8 Å². The molecule has 2 unspecified atom stereocenters. The second-order valence-corrected chi connectivity index (χ2v) is 7.47. The van der Waals surface area contributed by atoms with Crippen LogP contribution in [0.3, 0.4) is 0 Å². The second kappa shape index (κ2) is 4.59. The van der Waals surface area contributed by atoms with Gasteiger partial charge in [-0.1, -0.05) is 6.07 Å². The Bertz CT molecular complexity index is 830. The van der Waals surface area contributed by atoms with Crippen molar-refractivity contribution < 1.29 is 20.1 Å². The van der Waals surface area contributed by atoms with E-state index in [4.69, 9.17) is 4.74 Å². The third kappa shape index (κ3) is 1.68.